The zero-order chi connectivity index (χ0) is 17.8. The van der Waals surface area contributed by atoms with Gasteiger partial charge in [-0.15, -0.1) is 0 Å². The summed E-state index contributed by atoms with van der Waals surface area (Å²) in [7, 11) is 0. The molecule has 0 saturated carbocycles. The van der Waals surface area contributed by atoms with E-state index in [1.165, 1.54) is 0 Å². The van der Waals surface area contributed by atoms with Crippen molar-refractivity contribution in [2.45, 2.75) is 25.2 Å². The number of ketones is 2. The minimum absolute atomic E-state index is 0.0502. The van der Waals surface area contributed by atoms with Crippen molar-refractivity contribution in [3.63, 3.8) is 0 Å². The van der Waals surface area contributed by atoms with Crippen molar-refractivity contribution in [1.82, 2.24) is 0 Å². The molecule has 3 aliphatic rings. The van der Waals surface area contributed by atoms with Gasteiger partial charge in [0.1, 0.15) is 0 Å². The zero-order valence-corrected chi connectivity index (χ0v) is 14.8. The molecule has 3 nitrogen and oxygen atoms in total. The summed E-state index contributed by atoms with van der Waals surface area (Å²) in [5, 5.41) is 0.611. The van der Waals surface area contributed by atoms with E-state index in [9.17, 15) is 9.59 Å². The normalized spacial score (nSPS) is 24.1. The highest BCUT2D eigenvalue weighted by molar-refractivity contribution is 6.31. The Hall–Kier alpha value is -2.52. The third-order valence-electron chi connectivity index (χ3n) is 5.58. The Labute approximate surface area is 156 Å². The first-order valence-electron chi connectivity index (χ1n) is 8.89. The zero-order valence-electron chi connectivity index (χ0n) is 14.0. The van der Waals surface area contributed by atoms with Gasteiger partial charge in [-0.25, -0.2) is 0 Å². The Balaban J connectivity index is 1.78. The largest absolute Gasteiger partial charge is 0.294 e. The molecule has 2 aromatic carbocycles. The van der Waals surface area contributed by atoms with Crippen LogP contribution in [-0.4, -0.2) is 17.3 Å². The second-order valence-corrected chi connectivity index (χ2v) is 7.49. The van der Waals surface area contributed by atoms with E-state index in [1.54, 1.807) is 0 Å². The highest BCUT2D eigenvalue weighted by atomic mass is 35.5. The van der Waals surface area contributed by atoms with E-state index in [0.717, 1.165) is 35.4 Å². The molecule has 0 fully saturated rings. The summed E-state index contributed by atoms with van der Waals surface area (Å²) in [6.45, 7) is 0. The molecule has 0 N–H and O–H groups in total. The molecule has 2 aliphatic carbocycles. The second kappa shape index (κ2) is 5.75. The van der Waals surface area contributed by atoms with Crippen molar-refractivity contribution < 1.29 is 9.59 Å². The summed E-state index contributed by atoms with van der Waals surface area (Å²) in [4.78, 5) is 30.9. The number of rotatable bonds is 1. The van der Waals surface area contributed by atoms with E-state index in [4.69, 9.17) is 16.6 Å². The number of hydrogen-bond donors (Lipinski definition) is 0. The van der Waals surface area contributed by atoms with Crippen molar-refractivity contribution in [1.29, 1.82) is 0 Å². The lowest BCUT2D eigenvalue weighted by Gasteiger charge is -2.33. The van der Waals surface area contributed by atoms with Crippen LogP contribution in [0.4, 0.5) is 0 Å². The number of halogens is 1. The minimum atomic E-state index is -0.438. The molecule has 0 saturated heterocycles. The molecule has 26 heavy (non-hydrogen) atoms. The number of allylic oxidation sites excluding steroid dienone is 2. The van der Waals surface area contributed by atoms with Gasteiger partial charge >= 0.3 is 0 Å². The molecule has 0 aromatic heterocycles. The molecule has 1 heterocycles. The van der Waals surface area contributed by atoms with Gasteiger partial charge in [-0.2, -0.15) is 0 Å². The molecule has 0 radical (unpaired) electrons. The number of Topliss-reactive ketones (excluding diaryl/α,β-unsaturated/α-hetero) is 2. The number of hydrogen-bond acceptors (Lipinski definition) is 3. The summed E-state index contributed by atoms with van der Waals surface area (Å²) in [6.07, 6.45) is 2.12. The van der Waals surface area contributed by atoms with Gasteiger partial charge in [0.2, 0.25) is 0 Å². The lowest BCUT2D eigenvalue weighted by molar-refractivity contribution is -0.116. The van der Waals surface area contributed by atoms with Gasteiger partial charge in [0.15, 0.2) is 11.6 Å². The van der Waals surface area contributed by atoms with Crippen LogP contribution in [0.5, 0.6) is 0 Å². The Morgan fingerprint density at radius 2 is 1.73 bits per heavy atom. The fraction of sp³-hybridized carbons (Fsp3) is 0.227. The quantitative estimate of drug-likeness (QED) is 0.736. The predicted octanol–water partition coefficient (Wildman–Crippen LogP) is 4.75. The molecular weight excluding hydrogens is 346 g/mol. The third kappa shape index (κ3) is 2.17. The Bertz CT molecular complexity index is 1030. The first-order valence-corrected chi connectivity index (χ1v) is 9.27. The third-order valence-corrected chi connectivity index (χ3v) is 5.82. The molecule has 5 rings (SSSR count). The Kier molecular flexibility index (Phi) is 3.47. The van der Waals surface area contributed by atoms with Crippen LogP contribution in [0, 0.1) is 5.92 Å². The molecule has 128 valence electrons. The first kappa shape index (κ1) is 15.7. The van der Waals surface area contributed by atoms with Gasteiger partial charge in [-0.3, -0.25) is 14.6 Å². The Morgan fingerprint density at radius 3 is 2.54 bits per heavy atom. The van der Waals surface area contributed by atoms with E-state index in [2.05, 4.69) is 0 Å². The van der Waals surface area contributed by atoms with Gasteiger partial charge in [-0.1, -0.05) is 48.0 Å². The number of fused-ring (bicyclic) bond motifs is 3. The number of carbonyl (C=O) groups is 2. The fourth-order valence-corrected chi connectivity index (χ4v) is 4.71. The van der Waals surface area contributed by atoms with Gasteiger partial charge in [0.05, 0.1) is 11.6 Å². The summed E-state index contributed by atoms with van der Waals surface area (Å²) in [5.41, 5.74) is 4.90. The number of aliphatic imine (C=N–C) groups is 1. The lowest BCUT2D eigenvalue weighted by atomic mass is 9.71. The molecule has 2 aromatic rings. The van der Waals surface area contributed by atoms with E-state index in [1.807, 2.05) is 48.5 Å². The van der Waals surface area contributed by atoms with Crippen LogP contribution in [0.1, 0.15) is 46.7 Å². The van der Waals surface area contributed by atoms with E-state index in [-0.39, 0.29) is 17.5 Å². The van der Waals surface area contributed by atoms with Crippen LogP contribution in [0.3, 0.4) is 0 Å². The lowest BCUT2D eigenvalue weighted by Crippen LogP contribution is -2.33. The minimum Gasteiger partial charge on any atom is -0.294 e. The highest BCUT2D eigenvalue weighted by Gasteiger charge is 2.48. The second-order valence-electron chi connectivity index (χ2n) is 7.05. The smallest absolute Gasteiger partial charge is 0.173 e. The molecule has 4 heteroatoms. The van der Waals surface area contributed by atoms with Crippen LogP contribution >= 0.6 is 11.6 Å². The van der Waals surface area contributed by atoms with Gasteiger partial charge in [-0.05, 0) is 30.5 Å². The first-order chi connectivity index (χ1) is 12.6. The van der Waals surface area contributed by atoms with Crippen molar-refractivity contribution in [3.05, 3.63) is 81.5 Å². The van der Waals surface area contributed by atoms with Crippen LogP contribution in [0.2, 0.25) is 5.02 Å². The van der Waals surface area contributed by atoms with Crippen molar-refractivity contribution in [2.75, 3.05) is 0 Å². The topological polar surface area (TPSA) is 46.5 Å². The summed E-state index contributed by atoms with van der Waals surface area (Å²) < 4.78 is 0. The fourth-order valence-electron chi connectivity index (χ4n) is 4.51. The predicted molar refractivity (Wildman–Crippen MR) is 101 cm³/mol. The SMILES string of the molecule is O=C1CCCC2=C1[C@@H](c1cccc(Cl)c1)C1C(=O)c3ccccc3C1=N2. The average molecular weight is 362 g/mol. The highest BCUT2D eigenvalue weighted by Crippen LogP contribution is 2.48. The molecule has 2 atom stereocenters. The molecular formula is C22H16ClNO2. The summed E-state index contributed by atoms with van der Waals surface area (Å²) >= 11 is 6.23. The van der Waals surface area contributed by atoms with Crippen LogP contribution in [0.15, 0.2) is 64.8 Å². The summed E-state index contributed by atoms with van der Waals surface area (Å²) in [6, 6.07) is 15.1. The molecule has 0 spiro atoms. The number of benzene rings is 2. The maximum absolute atomic E-state index is 13.2. The number of nitrogens with zero attached hydrogens (tertiary/aromatic N) is 1. The Morgan fingerprint density at radius 1 is 0.923 bits per heavy atom. The number of carbonyl (C=O) groups excluding carboxylic acids is 2. The molecule has 0 amide bonds. The van der Waals surface area contributed by atoms with Gasteiger partial charge in [0, 0.05) is 39.8 Å². The summed E-state index contributed by atoms with van der Waals surface area (Å²) in [5.74, 6) is -0.576. The van der Waals surface area contributed by atoms with Crippen LogP contribution in [-0.2, 0) is 4.79 Å². The maximum atomic E-state index is 13.2. The van der Waals surface area contributed by atoms with Crippen molar-refractivity contribution in [3.8, 4) is 0 Å². The van der Waals surface area contributed by atoms with E-state index >= 15 is 0 Å². The molecule has 1 aliphatic heterocycles. The van der Waals surface area contributed by atoms with Crippen molar-refractivity contribution in [2.24, 2.45) is 10.9 Å². The van der Waals surface area contributed by atoms with E-state index < -0.39 is 5.92 Å². The van der Waals surface area contributed by atoms with Crippen molar-refractivity contribution >= 4 is 28.9 Å². The van der Waals surface area contributed by atoms with Gasteiger partial charge in [0.25, 0.3) is 0 Å². The average Bonchev–Trinajstić information content (AvgIpc) is 2.93. The maximum Gasteiger partial charge on any atom is 0.173 e. The van der Waals surface area contributed by atoms with Crippen LogP contribution < -0.4 is 0 Å². The standard InChI is InChI=1S/C22H16ClNO2/c23-13-6-3-5-12(11-13)18-19-16(9-4-10-17(19)25)24-21-14-7-1-2-8-15(14)22(26)20(18)21/h1-3,5-8,11,18,20H,4,9-10H2/t18-,20?/m1/s1. The monoisotopic (exact) mass is 361 g/mol. The molecule has 1 unspecified atom stereocenters. The van der Waals surface area contributed by atoms with Gasteiger partial charge < -0.3 is 0 Å². The van der Waals surface area contributed by atoms with Crippen LogP contribution in [0.25, 0.3) is 0 Å². The van der Waals surface area contributed by atoms with E-state index in [0.29, 0.717) is 22.6 Å². The molecule has 0 bridgehead atoms.